The molecule has 0 aliphatic carbocycles. The Bertz CT molecular complexity index is 1090. The highest BCUT2D eigenvalue weighted by atomic mass is 32.2. The van der Waals surface area contributed by atoms with Gasteiger partial charge in [0.2, 0.25) is 5.91 Å². The second-order valence-corrected chi connectivity index (χ2v) is 8.21. The average Bonchev–Trinajstić information content (AvgIpc) is 2.73. The number of amides is 1. The van der Waals surface area contributed by atoms with Gasteiger partial charge < -0.3 is 26.1 Å². The van der Waals surface area contributed by atoms with Crippen molar-refractivity contribution in [3.63, 3.8) is 0 Å². The number of carbonyl (C=O) groups excluding carboxylic acids is 2. The number of hydrogen-bond donors (Lipinski definition) is 4. The fourth-order valence-corrected chi connectivity index (χ4v) is 3.72. The first-order valence-corrected chi connectivity index (χ1v) is 10.8. The number of benzene rings is 1. The van der Waals surface area contributed by atoms with Crippen LogP contribution in [0.4, 0.5) is 5.69 Å². The second kappa shape index (κ2) is 10.9. The Labute approximate surface area is 179 Å². The molecule has 0 saturated carbocycles. The van der Waals surface area contributed by atoms with Gasteiger partial charge >= 0.3 is 0 Å². The third-order valence-electron chi connectivity index (χ3n) is 4.11. The predicted molar refractivity (Wildman–Crippen MR) is 116 cm³/mol. The summed E-state index contributed by atoms with van der Waals surface area (Å²) in [7, 11) is -3.96. The van der Waals surface area contributed by atoms with Gasteiger partial charge in [0.05, 0.1) is 10.9 Å². The summed E-state index contributed by atoms with van der Waals surface area (Å²) in [5.41, 5.74) is 9.53. The number of nitrogens with zero attached hydrogens (tertiary/aromatic N) is 2. The number of guanidine groups is 1. The molecule has 1 aromatic carbocycles. The zero-order valence-corrected chi connectivity index (χ0v) is 17.4. The zero-order valence-electron chi connectivity index (χ0n) is 16.6. The minimum absolute atomic E-state index is 0.00269. The van der Waals surface area contributed by atoms with Crippen LogP contribution >= 0.6 is 0 Å². The molecule has 0 fully saturated rings. The number of pyridine rings is 1. The van der Waals surface area contributed by atoms with Crippen LogP contribution in [0, 0.1) is 0 Å². The van der Waals surface area contributed by atoms with E-state index in [9.17, 15) is 22.8 Å². The highest BCUT2D eigenvalue weighted by Gasteiger charge is 2.17. The van der Waals surface area contributed by atoms with Crippen LogP contribution in [0.2, 0.25) is 0 Å². The van der Waals surface area contributed by atoms with E-state index in [1.54, 1.807) is 18.2 Å². The Morgan fingerprint density at radius 3 is 2.52 bits per heavy atom. The van der Waals surface area contributed by atoms with Crippen molar-refractivity contribution in [3.8, 4) is 0 Å². The number of nitrogens with one attached hydrogen (secondary N) is 2. The fraction of sp³-hybridized carbons (Fsp3) is 0.263. The maximum Gasteiger partial charge on any atom is 0.275 e. The maximum atomic E-state index is 12.6. The molecular weight excluding hydrogens is 424 g/mol. The summed E-state index contributed by atoms with van der Waals surface area (Å²) in [5.74, 6) is -0.641. The number of hydrogen-bond acceptors (Lipinski definition) is 6. The molecule has 0 saturated heterocycles. The lowest BCUT2D eigenvalue weighted by molar-refractivity contribution is -0.124. The predicted octanol–water partition coefficient (Wildman–Crippen LogP) is -0.614. The first-order valence-electron chi connectivity index (χ1n) is 9.30. The summed E-state index contributed by atoms with van der Waals surface area (Å²) in [6, 6.07) is 9.54. The third-order valence-corrected chi connectivity index (χ3v) is 5.49. The average molecular weight is 449 g/mol. The molecule has 6 N–H and O–H groups in total. The van der Waals surface area contributed by atoms with Crippen molar-refractivity contribution in [2.75, 3.05) is 11.3 Å². The van der Waals surface area contributed by atoms with Crippen molar-refractivity contribution in [2.45, 2.75) is 30.3 Å². The maximum absolute atomic E-state index is 12.6. The van der Waals surface area contributed by atoms with Crippen molar-refractivity contribution in [2.24, 2.45) is 16.5 Å². The van der Waals surface area contributed by atoms with Gasteiger partial charge in [-0.3, -0.25) is 19.3 Å². The number of aliphatic imine (C=N–C) groups is 1. The summed E-state index contributed by atoms with van der Waals surface area (Å²) < 4.78 is 28.1. The number of rotatable bonds is 11. The molecule has 31 heavy (non-hydrogen) atoms. The van der Waals surface area contributed by atoms with Gasteiger partial charge in [-0.2, -0.15) is 0 Å². The van der Waals surface area contributed by atoms with Crippen LogP contribution in [0.5, 0.6) is 0 Å². The molecule has 0 aliphatic heterocycles. The Balaban J connectivity index is 2.04. The van der Waals surface area contributed by atoms with Crippen molar-refractivity contribution >= 4 is 33.9 Å². The van der Waals surface area contributed by atoms with E-state index in [1.807, 2.05) is 0 Å². The molecule has 1 amide bonds. The normalized spacial score (nSPS) is 11.9. The van der Waals surface area contributed by atoms with Crippen molar-refractivity contribution in [1.82, 2.24) is 9.88 Å². The van der Waals surface area contributed by atoms with Gasteiger partial charge in [-0.15, -0.1) is 0 Å². The van der Waals surface area contributed by atoms with Gasteiger partial charge in [0.15, 0.2) is 5.96 Å². The summed E-state index contributed by atoms with van der Waals surface area (Å²) >= 11 is 0. The molecule has 0 radical (unpaired) electrons. The molecule has 12 heteroatoms. The Hall–Kier alpha value is -3.67. The lowest BCUT2D eigenvalue weighted by Crippen LogP contribution is -2.40. The number of sulfonamides is 1. The van der Waals surface area contributed by atoms with Crippen LogP contribution in [0.15, 0.2) is 63.3 Å². The summed E-state index contributed by atoms with van der Waals surface area (Å²) in [4.78, 5) is 39.8. The second-order valence-electron chi connectivity index (χ2n) is 6.53. The van der Waals surface area contributed by atoms with Gasteiger partial charge in [0, 0.05) is 12.7 Å². The van der Waals surface area contributed by atoms with E-state index < -0.39 is 34.1 Å². The minimum Gasteiger partial charge on any atom is -0.370 e. The number of anilines is 1. The molecule has 1 atom stereocenters. The van der Waals surface area contributed by atoms with E-state index >= 15 is 0 Å². The van der Waals surface area contributed by atoms with Crippen LogP contribution in [0.3, 0.4) is 0 Å². The summed E-state index contributed by atoms with van der Waals surface area (Å²) in [6.07, 6.45) is 2.72. The largest absolute Gasteiger partial charge is 0.370 e. The summed E-state index contributed by atoms with van der Waals surface area (Å²) in [5, 5.41) is 2.51. The topological polar surface area (TPSA) is 179 Å². The van der Waals surface area contributed by atoms with Gasteiger partial charge in [0.1, 0.15) is 18.5 Å². The molecule has 0 spiro atoms. The van der Waals surface area contributed by atoms with Crippen LogP contribution in [0.1, 0.15) is 12.8 Å². The van der Waals surface area contributed by atoms with Gasteiger partial charge in [-0.05, 0) is 37.1 Å². The number of aldehydes is 1. The molecule has 2 aromatic rings. The van der Waals surface area contributed by atoms with E-state index in [1.165, 1.54) is 30.5 Å². The lowest BCUT2D eigenvalue weighted by Gasteiger charge is -2.14. The van der Waals surface area contributed by atoms with E-state index in [4.69, 9.17) is 11.5 Å². The molecule has 1 unspecified atom stereocenters. The summed E-state index contributed by atoms with van der Waals surface area (Å²) in [6.45, 7) is -0.0798. The van der Waals surface area contributed by atoms with E-state index in [-0.39, 0.29) is 16.5 Å². The smallest absolute Gasteiger partial charge is 0.275 e. The number of nitrogens with two attached hydrogens (primary N) is 2. The van der Waals surface area contributed by atoms with Crippen LogP contribution in [0.25, 0.3) is 0 Å². The molecule has 11 nitrogen and oxygen atoms in total. The van der Waals surface area contributed by atoms with Crippen molar-refractivity contribution in [3.05, 3.63) is 59.0 Å². The number of aromatic nitrogens is 1. The SMILES string of the molecule is NC(N)=NCCCC(C=O)NC(=O)Cn1cccc(NS(=O)(=O)c2ccccc2)c1=O. The van der Waals surface area contributed by atoms with Crippen LogP contribution < -0.4 is 27.1 Å². The van der Waals surface area contributed by atoms with Gasteiger partial charge in [-0.1, -0.05) is 18.2 Å². The van der Waals surface area contributed by atoms with Crippen molar-refractivity contribution in [1.29, 1.82) is 0 Å². The minimum atomic E-state index is -3.96. The highest BCUT2D eigenvalue weighted by molar-refractivity contribution is 7.92. The monoisotopic (exact) mass is 448 g/mol. The standard InChI is InChI=1S/C19H24N6O5S/c20-19(21)22-10-4-6-14(13-26)23-17(27)12-25-11-5-9-16(18(25)28)24-31(29,30)15-7-2-1-3-8-15/h1-3,5,7-9,11,13-14,24H,4,6,10,12H2,(H,23,27)(H4,20,21,22). The Kier molecular flexibility index (Phi) is 8.32. The van der Waals surface area contributed by atoms with Crippen molar-refractivity contribution < 1.29 is 18.0 Å². The zero-order chi connectivity index (χ0) is 22.9. The molecule has 1 aromatic heterocycles. The Morgan fingerprint density at radius 2 is 1.87 bits per heavy atom. The van der Waals surface area contributed by atoms with Gasteiger partial charge in [0.25, 0.3) is 15.6 Å². The fourth-order valence-electron chi connectivity index (χ4n) is 2.64. The first kappa shape index (κ1) is 23.6. The molecule has 0 aliphatic rings. The molecule has 0 bridgehead atoms. The third kappa shape index (κ3) is 7.26. The first-order chi connectivity index (χ1) is 14.7. The molecule has 1 heterocycles. The van der Waals surface area contributed by atoms with Crippen LogP contribution in [-0.4, -0.2) is 43.7 Å². The van der Waals surface area contributed by atoms with Crippen LogP contribution in [-0.2, 0) is 26.2 Å². The molecular formula is C19H24N6O5S. The van der Waals surface area contributed by atoms with E-state index in [0.29, 0.717) is 25.7 Å². The Morgan fingerprint density at radius 1 is 1.16 bits per heavy atom. The van der Waals surface area contributed by atoms with E-state index in [0.717, 1.165) is 4.57 Å². The number of carbonyl (C=O) groups is 2. The van der Waals surface area contributed by atoms with E-state index in [2.05, 4.69) is 15.0 Å². The molecule has 166 valence electrons. The van der Waals surface area contributed by atoms with Gasteiger partial charge in [-0.25, -0.2) is 8.42 Å². The lowest BCUT2D eigenvalue weighted by atomic mass is 10.2. The molecule has 2 rings (SSSR count). The quantitative estimate of drug-likeness (QED) is 0.153. The highest BCUT2D eigenvalue weighted by Crippen LogP contribution is 2.12.